The van der Waals surface area contributed by atoms with Crippen LogP contribution >= 0.6 is 0 Å². The number of aliphatic hydroxyl groups is 1. The summed E-state index contributed by atoms with van der Waals surface area (Å²) in [7, 11) is 0. The van der Waals surface area contributed by atoms with Gasteiger partial charge in [-0.05, 0) is 78.1 Å². The Morgan fingerprint density at radius 3 is 1.69 bits per heavy atom. The highest BCUT2D eigenvalue weighted by atomic mass is 16.3. The molecule has 0 bridgehead atoms. The first-order valence-corrected chi connectivity index (χ1v) is 9.89. The van der Waals surface area contributed by atoms with E-state index in [4.69, 9.17) is 0 Å². The zero-order valence-corrected chi connectivity index (χ0v) is 16.8. The van der Waals surface area contributed by atoms with Gasteiger partial charge in [0.25, 0.3) is 0 Å². The van der Waals surface area contributed by atoms with Gasteiger partial charge in [0.05, 0.1) is 6.61 Å². The first-order valence-electron chi connectivity index (χ1n) is 9.89. The average Bonchev–Trinajstić information content (AvgIpc) is 2.75. The molecule has 4 aromatic carbocycles. The van der Waals surface area contributed by atoms with Crippen LogP contribution < -0.4 is 4.90 Å². The van der Waals surface area contributed by atoms with Gasteiger partial charge in [-0.1, -0.05) is 60.7 Å². The highest BCUT2D eigenvalue weighted by Gasteiger charge is 2.15. The molecular formula is C27H25NO. The summed E-state index contributed by atoms with van der Waals surface area (Å²) in [4.78, 5) is 2.26. The molecule has 0 aliphatic heterocycles. The van der Waals surface area contributed by atoms with Crippen LogP contribution in [0.3, 0.4) is 0 Å². The van der Waals surface area contributed by atoms with Crippen molar-refractivity contribution < 1.29 is 5.11 Å². The molecule has 0 aromatic heterocycles. The molecule has 0 unspecified atom stereocenters. The Morgan fingerprint density at radius 1 is 0.621 bits per heavy atom. The minimum Gasteiger partial charge on any atom is -0.392 e. The standard InChI is InChI=1S/C27H25NO/c1-20-17-26(18-21(2)27(20)23-9-5-3-6-10-23)28(24-11-7-4-8-12-24)25-15-13-22(19-29)14-16-25/h3-18,29H,19H2,1-2H3. The van der Waals surface area contributed by atoms with E-state index >= 15 is 0 Å². The predicted octanol–water partition coefficient (Wildman–Crippen LogP) is 6.93. The number of hydrogen-bond donors (Lipinski definition) is 1. The maximum atomic E-state index is 9.40. The topological polar surface area (TPSA) is 23.5 Å². The van der Waals surface area contributed by atoms with E-state index in [-0.39, 0.29) is 6.61 Å². The van der Waals surface area contributed by atoms with Crippen LogP contribution in [0.5, 0.6) is 0 Å². The quantitative estimate of drug-likeness (QED) is 0.406. The Kier molecular flexibility index (Phi) is 5.46. The van der Waals surface area contributed by atoms with Gasteiger partial charge in [-0.2, -0.15) is 0 Å². The first kappa shape index (κ1) is 19.0. The highest BCUT2D eigenvalue weighted by molar-refractivity contribution is 5.81. The third kappa shape index (κ3) is 3.94. The summed E-state index contributed by atoms with van der Waals surface area (Å²) in [6, 6.07) is 33.5. The molecule has 2 heteroatoms. The van der Waals surface area contributed by atoms with Crippen LogP contribution in [0.4, 0.5) is 17.1 Å². The number of para-hydroxylation sites is 1. The molecule has 0 heterocycles. The second-order valence-electron chi connectivity index (χ2n) is 7.32. The smallest absolute Gasteiger partial charge is 0.0681 e. The Balaban J connectivity index is 1.85. The molecule has 4 rings (SSSR count). The van der Waals surface area contributed by atoms with Gasteiger partial charge in [-0.3, -0.25) is 0 Å². The fourth-order valence-corrected chi connectivity index (χ4v) is 3.90. The van der Waals surface area contributed by atoms with E-state index in [2.05, 4.69) is 97.6 Å². The van der Waals surface area contributed by atoms with E-state index in [1.54, 1.807) is 0 Å². The van der Waals surface area contributed by atoms with Crippen molar-refractivity contribution in [1.82, 2.24) is 0 Å². The van der Waals surface area contributed by atoms with Crippen molar-refractivity contribution >= 4 is 17.1 Å². The molecule has 0 radical (unpaired) electrons. The number of benzene rings is 4. The molecule has 29 heavy (non-hydrogen) atoms. The van der Waals surface area contributed by atoms with Gasteiger partial charge in [0, 0.05) is 17.1 Å². The zero-order chi connectivity index (χ0) is 20.2. The second kappa shape index (κ2) is 8.34. The second-order valence-corrected chi connectivity index (χ2v) is 7.32. The number of nitrogens with zero attached hydrogens (tertiary/aromatic N) is 1. The first-order chi connectivity index (χ1) is 14.2. The van der Waals surface area contributed by atoms with Crippen molar-refractivity contribution in [1.29, 1.82) is 0 Å². The molecule has 0 aliphatic rings. The van der Waals surface area contributed by atoms with Gasteiger partial charge in [0.15, 0.2) is 0 Å². The number of anilines is 3. The van der Waals surface area contributed by atoms with Crippen LogP contribution in [-0.2, 0) is 6.61 Å². The summed E-state index contributed by atoms with van der Waals surface area (Å²) in [5.74, 6) is 0. The summed E-state index contributed by atoms with van der Waals surface area (Å²) in [6.45, 7) is 4.41. The van der Waals surface area contributed by atoms with Crippen LogP contribution in [0, 0.1) is 13.8 Å². The van der Waals surface area contributed by atoms with Gasteiger partial charge in [0.2, 0.25) is 0 Å². The van der Waals surface area contributed by atoms with E-state index in [1.807, 2.05) is 18.2 Å². The average molecular weight is 380 g/mol. The molecule has 0 atom stereocenters. The summed E-state index contributed by atoms with van der Waals surface area (Å²) in [5, 5.41) is 9.40. The van der Waals surface area contributed by atoms with Crippen molar-refractivity contribution in [3.05, 3.63) is 114 Å². The van der Waals surface area contributed by atoms with E-state index in [1.165, 1.54) is 22.3 Å². The third-order valence-electron chi connectivity index (χ3n) is 5.23. The maximum Gasteiger partial charge on any atom is 0.0681 e. The van der Waals surface area contributed by atoms with E-state index in [0.29, 0.717) is 0 Å². The Labute approximate surface area is 172 Å². The molecule has 0 spiro atoms. The predicted molar refractivity (Wildman–Crippen MR) is 122 cm³/mol. The van der Waals surface area contributed by atoms with E-state index < -0.39 is 0 Å². The molecule has 2 nitrogen and oxygen atoms in total. The van der Waals surface area contributed by atoms with Crippen molar-refractivity contribution in [3.8, 4) is 11.1 Å². The van der Waals surface area contributed by atoms with Gasteiger partial charge >= 0.3 is 0 Å². The van der Waals surface area contributed by atoms with Crippen molar-refractivity contribution in [3.63, 3.8) is 0 Å². The summed E-state index contributed by atoms with van der Waals surface area (Å²) in [6.07, 6.45) is 0. The molecule has 0 amide bonds. The summed E-state index contributed by atoms with van der Waals surface area (Å²) >= 11 is 0. The minimum atomic E-state index is 0.0512. The lowest BCUT2D eigenvalue weighted by molar-refractivity contribution is 0.282. The Hall–Kier alpha value is -3.36. The van der Waals surface area contributed by atoms with Crippen molar-refractivity contribution in [2.75, 3.05) is 4.90 Å². The van der Waals surface area contributed by atoms with Crippen LogP contribution in [0.2, 0.25) is 0 Å². The SMILES string of the molecule is Cc1cc(N(c2ccccc2)c2ccc(CO)cc2)cc(C)c1-c1ccccc1. The Morgan fingerprint density at radius 2 is 1.14 bits per heavy atom. The summed E-state index contributed by atoms with van der Waals surface area (Å²) in [5.41, 5.74) is 9.25. The lowest BCUT2D eigenvalue weighted by Crippen LogP contribution is -2.10. The van der Waals surface area contributed by atoms with Crippen LogP contribution in [0.25, 0.3) is 11.1 Å². The van der Waals surface area contributed by atoms with Crippen LogP contribution in [0.1, 0.15) is 16.7 Å². The molecule has 1 N–H and O–H groups in total. The lowest BCUT2D eigenvalue weighted by atomic mass is 9.94. The molecule has 0 saturated carbocycles. The van der Waals surface area contributed by atoms with Crippen molar-refractivity contribution in [2.24, 2.45) is 0 Å². The van der Waals surface area contributed by atoms with Gasteiger partial charge in [-0.15, -0.1) is 0 Å². The molecule has 4 aromatic rings. The van der Waals surface area contributed by atoms with Gasteiger partial charge in [0.1, 0.15) is 0 Å². The highest BCUT2D eigenvalue weighted by Crippen LogP contribution is 2.38. The molecular weight excluding hydrogens is 354 g/mol. The molecule has 0 fully saturated rings. The number of rotatable bonds is 5. The largest absolute Gasteiger partial charge is 0.392 e. The fourth-order valence-electron chi connectivity index (χ4n) is 3.90. The van der Waals surface area contributed by atoms with Gasteiger partial charge < -0.3 is 10.0 Å². The van der Waals surface area contributed by atoms with E-state index in [9.17, 15) is 5.11 Å². The van der Waals surface area contributed by atoms with Crippen LogP contribution in [0.15, 0.2) is 97.1 Å². The molecule has 144 valence electrons. The third-order valence-corrected chi connectivity index (χ3v) is 5.23. The monoisotopic (exact) mass is 379 g/mol. The lowest BCUT2D eigenvalue weighted by Gasteiger charge is -2.27. The number of hydrogen-bond acceptors (Lipinski definition) is 2. The maximum absolute atomic E-state index is 9.40. The van der Waals surface area contributed by atoms with Gasteiger partial charge in [-0.25, -0.2) is 0 Å². The zero-order valence-electron chi connectivity index (χ0n) is 16.8. The number of aliphatic hydroxyl groups excluding tert-OH is 1. The number of aryl methyl sites for hydroxylation is 2. The molecule has 0 aliphatic carbocycles. The van der Waals surface area contributed by atoms with E-state index in [0.717, 1.165) is 22.6 Å². The van der Waals surface area contributed by atoms with Crippen LogP contribution in [-0.4, -0.2) is 5.11 Å². The minimum absolute atomic E-state index is 0.0512. The molecule has 0 saturated heterocycles. The summed E-state index contributed by atoms with van der Waals surface area (Å²) < 4.78 is 0. The fraction of sp³-hybridized carbons (Fsp3) is 0.111. The Bertz CT molecular complexity index is 1060. The van der Waals surface area contributed by atoms with Crippen molar-refractivity contribution in [2.45, 2.75) is 20.5 Å². The normalized spacial score (nSPS) is 10.7.